The smallest absolute Gasteiger partial charge is 0.147 e. The van der Waals surface area contributed by atoms with Gasteiger partial charge in [0.25, 0.3) is 0 Å². The van der Waals surface area contributed by atoms with Crippen molar-refractivity contribution < 1.29 is 0 Å². The summed E-state index contributed by atoms with van der Waals surface area (Å²) in [6.07, 6.45) is 6.11. The number of anilines is 1. The fraction of sp³-hybridized carbons (Fsp3) is 0.636. The zero-order valence-electron chi connectivity index (χ0n) is 9.15. The summed E-state index contributed by atoms with van der Waals surface area (Å²) in [6, 6.07) is 0.573. The zero-order valence-corrected chi connectivity index (χ0v) is 10.7. The molecule has 2 atom stereocenters. The van der Waals surface area contributed by atoms with Crippen LogP contribution in [0.3, 0.4) is 0 Å². The van der Waals surface area contributed by atoms with E-state index in [1.54, 1.807) is 6.20 Å². The van der Waals surface area contributed by atoms with Gasteiger partial charge in [0, 0.05) is 12.6 Å². The summed E-state index contributed by atoms with van der Waals surface area (Å²) >= 11 is 3.30. The van der Waals surface area contributed by atoms with Gasteiger partial charge >= 0.3 is 0 Å². The van der Waals surface area contributed by atoms with Crippen molar-refractivity contribution in [3.8, 4) is 0 Å². The minimum atomic E-state index is 0.573. The van der Waals surface area contributed by atoms with E-state index in [1.807, 2.05) is 6.20 Å². The lowest BCUT2D eigenvalue weighted by Gasteiger charge is -2.37. The van der Waals surface area contributed by atoms with Crippen LogP contribution in [0, 0.1) is 5.92 Å². The van der Waals surface area contributed by atoms with Crippen molar-refractivity contribution in [1.29, 1.82) is 0 Å². The molecular formula is C11H16BrN3. The Labute approximate surface area is 99.0 Å². The third-order valence-corrected chi connectivity index (χ3v) is 3.45. The molecule has 1 fully saturated rings. The van der Waals surface area contributed by atoms with E-state index in [-0.39, 0.29) is 0 Å². The molecule has 1 saturated heterocycles. The van der Waals surface area contributed by atoms with Gasteiger partial charge < -0.3 is 4.90 Å². The monoisotopic (exact) mass is 269 g/mol. The third kappa shape index (κ3) is 2.48. The molecule has 1 aromatic rings. The van der Waals surface area contributed by atoms with Crippen LogP contribution in [0.1, 0.15) is 26.7 Å². The number of hydrogen-bond donors (Lipinski definition) is 0. The molecule has 1 aliphatic heterocycles. The predicted octanol–water partition coefficient (Wildman–Crippen LogP) is 2.86. The summed E-state index contributed by atoms with van der Waals surface area (Å²) in [4.78, 5) is 11.0. The van der Waals surface area contributed by atoms with Crippen molar-refractivity contribution in [2.75, 3.05) is 11.4 Å². The van der Waals surface area contributed by atoms with Gasteiger partial charge in [-0.3, -0.25) is 0 Å². The molecule has 0 spiro atoms. The average molecular weight is 270 g/mol. The summed E-state index contributed by atoms with van der Waals surface area (Å²) in [5, 5.41) is 0. The molecular weight excluding hydrogens is 254 g/mol. The summed E-state index contributed by atoms with van der Waals surface area (Å²) in [5.41, 5.74) is 0. The Morgan fingerprint density at radius 2 is 2.13 bits per heavy atom. The summed E-state index contributed by atoms with van der Waals surface area (Å²) in [5.74, 6) is 1.83. The maximum absolute atomic E-state index is 4.39. The van der Waals surface area contributed by atoms with Gasteiger partial charge in [0.2, 0.25) is 0 Å². The van der Waals surface area contributed by atoms with Crippen LogP contribution in [0.2, 0.25) is 0 Å². The molecule has 2 heterocycles. The first-order chi connectivity index (χ1) is 7.16. The Balaban J connectivity index is 2.13. The Morgan fingerprint density at radius 3 is 2.73 bits per heavy atom. The molecule has 0 amide bonds. The van der Waals surface area contributed by atoms with E-state index in [1.165, 1.54) is 12.8 Å². The number of halogens is 1. The van der Waals surface area contributed by atoms with Gasteiger partial charge in [-0.15, -0.1) is 0 Å². The lowest BCUT2D eigenvalue weighted by molar-refractivity contribution is 0.376. The first kappa shape index (κ1) is 10.9. The van der Waals surface area contributed by atoms with Crippen molar-refractivity contribution in [2.45, 2.75) is 32.7 Å². The highest BCUT2D eigenvalue weighted by Crippen LogP contribution is 2.26. The van der Waals surface area contributed by atoms with E-state index >= 15 is 0 Å². The van der Waals surface area contributed by atoms with Crippen LogP contribution in [0.15, 0.2) is 17.0 Å². The molecule has 4 heteroatoms. The second-order valence-electron chi connectivity index (χ2n) is 4.37. The van der Waals surface area contributed by atoms with Crippen LogP contribution in [0.4, 0.5) is 5.82 Å². The van der Waals surface area contributed by atoms with Crippen LogP contribution in [-0.4, -0.2) is 22.6 Å². The van der Waals surface area contributed by atoms with Crippen LogP contribution in [0.25, 0.3) is 0 Å². The molecule has 0 bridgehead atoms. The Morgan fingerprint density at radius 1 is 1.33 bits per heavy atom. The maximum atomic E-state index is 4.39. The quantitative estimate of drug-likeness (QED) is 0.785. The van der Waals surface area contributed by atoms with Crippen molar-refractivity contribution in [3.63, 3.8) is 0 Å². The van der Waals surface area contributed by atoms with Gasteiger partial charge in [-0.1, -0.05) is 6.92 Å². The highest BCUT2D eigenvalue weighted by Gasteiger charge is 2.23. The van der Waals surface area contributed by atoms with E-state index in [0.29, 0.717) is 6.04 Å². The molecule has 0 aromatic carbocycles. The topological polar surface area (TPSA) is 29.0 Å². The minimum Gasteiger partial charge on any atom is -0.353 e. The van der Waals surface area contributed by atoms with E-state index in [9.17, 15) is 0 Å². The standard InChI is InChI=1S/C11H16BrN3/c1-8-3-4-15(9(2)5-8)11-7-13-10(12)6-14-11/h6-9H,3-5H2,1-2H3. The molecule has 3 nitrogen and oxygen atoms in total. The van der Waals surface area contributed by atoms with Gasteiger partial charge in [-0.25, -0.2) is 9.97 Å². The third-order valence-electron chi connectivity index (χ3n) is 3.04. The summed E-state index contributed by atoms with van der Waals surface area (Å²) < 4.78 is 0.796. The van der Waals surface area contributed by atoms with Crippen molar-refractivity contribution in [1.82, 2.24) is 9.97 Å². The normalized spacial score (nSPS) is 26.7. The molecule has 0 radical (unpaired) electrons. The number of piperidine rings is 1. The Hall–Kier alpha value is -0.640. The molecule has 1 aromatic heterocycles. The van der Waals surface area contributed by atoms with E-state index in [2.05, 4.69) is 44.6 Å². The van der Waals surface area contributed by atoms with Crippen LogP contribution < -0.4 is 4.90 Å². The highest BCUT2D eigenvalue weighted by atomic mass is 79.9. The number of aromatic nitrogens is 2. The van der Waals surface area contributed by atoms with Gasteiger partial charge in [0.05, 0.1) is 12.4 Å². The molecule has 0 N–H and O–H groups in total. The molecule has 1 aliphatic rings. The average Bonchev–Trinajstić information content (AvgIpc) is 2.20. The molecule has 0 saturated carbocycles. The van der Waals surface area contributed by atoms with E-state index < -0.39 is 0 Å². The lowest BCUT2D eigenvalue weighted by atomic mass is 9.93. The van der Waals surface area contributed by atoms with E-state index in [0.717, 1.165) is 22.9 Å². The van der Waals surface area contributed by atoms with Crippen LogP contribution in [-0.2, 0) is 0 Å². The lowest BCUT2D eigenvalue weighted by Crippen LogP contribution is -2.40. The second kappa shape index (κ2) is 4.47. The SMILES string of the molecule is CC1CCN(c2cnc(Br)cn2)C(C)C1. The van der Waals surface area contributed by atoms with Gasteiger partial charge in [-0.2, -0.15) is 0 Å². The van der Waals surface area contributed by atoms with Gasteiger partial charge in [0.15, 0.2) is 0 Å². The number of rotatable bonds is 1. The highest BCUT2D eigenvalue weighted by molar-refractivity contribution is 9.10. The first-order valence-corrected chi connectivity index (χ1v) is 6.20. The van der Waals surface area contributed by atoms with Crippen molar-refractivity contribution in [2.24, 2.45) is 5.92 Å². The fourth-order valence-electron chi connectivity index (χ4n) is 2.20. The van der Waals surface area contributed by atoms with Crippen LogP contribution in [0.5, 0.6) is 0 Å². The maximum Gasteiger partial charge on any atom is 0.147 e. The fourth-order valence-corrected chi connectivity index (χ4v) is 2.41. The molecule has 2 rings (SSSR count). The van der Waals surface area contributed by atoms with Crippen molar-refractivity contribution in [3.05, 3.63) is 17.0 Å². The molecule has 82 valence electrons. The van der Waals surface area contributed by atoms with Gasteiger partial charge in [-0.05, 0) is 41.6 Å². The predicted molar refractivity (Wildman–Crippen MR) is 64.9 cm³/mol. The molecule has 15 heavy (non-hydrogen) atoms. The number of nitrogens with zero attached hydrogens (tertiary/aromatic N) is 3. The molecule has 2 unspecified atom stereocenters. The molecule has 0 aliphatic carbocycles. The Bertz CT molecular complexity index is 325. The number of hydrogen-bond acceptors (Lipinski definition) is 3. The van der Waals surface area contributed by atoms with Crippen LogP contribution >= 0.6 is 15.9 Å². The second-order valence-corrected chi connectivity index (χ2v) is 5.18. The largest absolute Gasteiger partial charge is 0.353 e. The minimum absolute atomic E-state index is 0.573. The zero-order chi connectivity index (χ0) is 10.8. The summed E-state index contributed by atoms with van der Waals surface area (Å²) in [6.45, 7) is 5.68. The van der Waals surface area contributed by atoms with Gasteiger partial charge in [0.1, 0.15) is 10.4 Å². The summed E-state index contributed by atoms with van der Waals surface area (Å²) in [7, 11) is 0. The van der Waals surface area contributed by atoms with E-state index in [4.69, 9.17) is 0 Å². The van der Waals surface area contributed by atoms with Crippen molar-refractivity contribution >= 4 is 21.7 Å². The Kier molecular flexibility index (Phi) is 3.24. The first-order valence-electron chi connectivity index (χ1n) is 5.41.